The minimum absolute atomic E-state index is 0.141. The highest BCUT2D eigenvalue weighted by Gasteiger charge is 2.18. The van der Waals surface area contributed by atoms with E-state index >= 15 is 0 Å². The summed E-state index contributed by atoms with van der Waals surface area (Å²) < 4.78 is 7.17. The fourth-order valence-electron chi connectivity index (χ4n) is 2.48. The second-order valence-electron chi connectivity index (χ2n) is 5.46. The lowest BCUT2D eigenvalue weighted by Gasteiger charge is -2.15. The standard InChI is InChI=1S/C17H17ClN6O2/c1-4-13(25)15-12(8-14(18)21-22-15)20-11-7-5-6-10(16(11)26-3)17-19-9-24(2)23-17/h5-9H,4H2,1-3H3,(H,20,21). The smallest absolute Gasteiger partial charge is 0.184 e. The molecule has 0 fully saturated rings. The Bertz CT molecular complexity index is 956. The Hall–Kier alpha value is -3.00. The minimum Gasteiger partial charge on any atom is -0.494 e. The van der Waals surface area contributed by atoms with E-state index in [1.807, 2.05) is 18.2 Å². The first-order valence-corrected chi connectivity index (χ1v) is 8.27. The van der Waals surface area contributed by atoms with E-state index < -0.39 is 0 Å². The van der Waals surface area contributed by atoms with Crippen LogP contribution >= 0.6 is 11.6 Å². The number of aromatic nitrogens is 5. The topological polar surface area (TPSA) is 94.8 Å². The van der Waals surface area contributed by atoms with Crippen molar-refractivity contribution in [3.8, 4) is 17.1 Å². The monoisotopic (exact) mass is 372 g/mol. The zero-order valence-electron chi connectivity index (χ0n) is 14.5. The number of aryl methyl sites for hydroxylation is 1. The predicted octanol–water partition coefficient (Wildman–Crippen LogP) is 3.27. The molecule has 26 heavy (non-hydrogen) atoms. The molecule has 0 spiro atoms. The predicted molar refractivity (Wildman–Crippen MR) is 97.9 cm³/mol. The number of hydrogen-bond donors (Lipinski definition) is 1. The van der Waals surface area contributed by atoms with E-state index in [0.29, 0.717) is 29.4 Å². The lowest BCUT2D eigenvalue weighted by molar-refractivity contribution is 0.0983. The molecule has 0 unspecified atom stereocenters. The SMILES string of the molecule is CCC(=O)c1nnc(Cl)cc1Nc1cccc(-c2ncn(C)n2)c1OC. The summed E-state index contributed by atoms with van der Waals surface area (Å²) in [6.45, 7) is 1.76. The molecule has 8 nitrogen and oxygen atoms in total. The fourth-order valence-corrected chi connectivity index (χ4v) is 2.62. The second-order valence-corrected chi connectivity index (χ2v) is 5.85. The number of nitrogens with one attached hydrogen (secondary N) is 1. The summed E-state index contributed by atoms with van der Waals surface area (Å²) in [4.78, 5) is 16.4. The number of hydrogen-bond acceptors (Lipinski definition) is 7. The Morgan fingerprint density at radius 1 is 1.31 bits per heavy atom. The molecular weight excluding hydrogens is 356 g/mol. The minimum atomic E-state index is -0.141. The number of para-hydroxylation sites is 1. The highest BCUT2D eigenvalue weighted by molar-refractivity contribution is 6.29. The lowest BCUT2D eigenvalue weighted by atomic mass is 10.1. The van der Waals surface area contributed by atoms with Gasteiger partial charge in [-0.1, -0.05) is 24.6 Å². The first-order chi connectivity index (χ1) is 12.5. The van der Waals surface area contributed by atoms with E-state index in [9.17, 15) is 4.79 Å². The summed E-state index contributed by atoms with van der Waals surface area (Å²) in [5.74, 6) is 0.934. The van der Waals surface area contributed by atoms with Crippen molar-refractivity contribution in [1.82, 2.24) is 25.0 Å². The van der Waals surface area contributed by atoms with Gasteiger partial charge in [0.05, 0.1) is 24.0 Å². The van der Waals surface area contributed by atoms with Crippen LogP contribution in [0.4, 0.5) is 11.4 Å². The molecule has 1 aromatic carbocycles. The summed E-state index contributed by atoms with van der Waals surface area (Å²) >= 11 is 5.96. The van der Waals surface area contributed by atoms with Crippen molar-refractivity contribution in [3.05, 3.63) is 41.4 Å². The van der Waals surface area contributed by atoms with Gasteiger partial charge in [-0.3, -0.25) is 9.48 Å². The van der Waals surface area contributed by atoms with Crippen molar-refractivity contribution in [2.45, 2.75) is 13.3 Å². The number of rotatable bonds is 6. The molecule has 0 aliphatic rings. The molecule has 0 aliphatic carbocycles. The molecule has 1 N–H and O–H groups in total. The Morgan fingerprint density at radius 3 is 2.77 bits per heavy atom. The van der Waals surface area contributed by atoms with Gasteiger partial charge in [-0.15, -0.1) is 10.2 Å². The Kier molecular flexibility index (Phi) is 5.13. The molecule has 0 atom stereocenters. The maximum atomic E-state index is 12.1. The number of benzene rings is 1. The number of ether oxygens (including phenoxy) is 1. The summed E-state index contributed by atoms with van der Waals surface area (Å²) in [5.41, 5.74) is 2.03. The van der Waals surface area contributed by atoms with Gasteiger partial charge in [0.2, 0.25) is 0 Å². The third-order valence-corrected chi connectivity index (χ3v) is 3.86. The van der Waals surface area contributed by atoms with Gasteiger partial charge in [-0.05, 0) is 12.1 Å². The number of carbonyl (C=O) groups excluding carboxylic acids is 1. The largest absolute Gasteiger partial charge is 0.494 e. The fraction of sp³-hybridized carbons (Fsp3) is 0.235. The number of halogens is 1. The molecule has 0 bridgehead atoms. The molecule has 134 valence electrons. The number of carbonyl (C=O) groups is 1. The second kappa shape index (κ2) is 7.49. The van der Waals surface area contributed by atoms with Crippen molar-refractivity contribution in [2.75, 3.05) is 12.4 Å². The molecule has 3 aromatic rings. The zero-order valence-corrected chi connectivity index (χ0v) is 15.3. The van der Waals surface area contributed by atoms with E-state index in [4.69, 9.17) is 16.3 Å². The summed E-state index contributed by atoms with van der Waals surface area (Å²) in [5, 5.41) is 15.3. The van der Waals surface area contributed by atoms with Crippen LogP contribution in [0, 0.1) is 0 Å². The molecular formula is C17H17ClN6O2. The van der Waals surface area contributed by atoms with E-state index in [1.165, 1.54) is 0 Å². The number of anilines is 2. The zero-order chi connectivity index (χ0) is 18.7. The molecule has 0 amide bonds. The lowest BCUT2D eigenvalue weighted by Crippen LogP contribution is -2.08. The molecule has 3 rings (SSSR count). The third kappa shape index (κ3) is 3.50. The highest BCUT2D eigenvalue weighted by atomic mass is 35.5. The van der Waals surface area contributed by atoms with Gasteiger partial charge in [0.25, 0.3) is 0 Å². The van der Waals surface area contributed by atoms with Gasteiger partial charge in [0.15, 0.2) is 28.2 Å². The number of Topliss-reactive ketones (excluding diaryl/α,β-unsaturated/α-hetero) is 1. The van der Waals surface area contributed by atoms with Crippen molar-refractivity contribution in [1.29, 1.82) is 0 Å². The van der Waals surface area contributed by atoms with Gasteiger partial charge in [-0.2, -0.15) is 5.10 Å². The average Bonchev–Trinajstić information content (AvgIpc) is 3.07. The van der Waals surface area contributed by atoms with Gasteiger partial charge >= 0.3 is 0 Å². The normalized spacial score (nSPS) is 10.6. The van der Waals surface area contributed by atoms with E-state index in [1.54, 1.807) is 38.2 Å². The van der Waals surface area contributed by atoms with Crippen molar-refractivity contribution in [2.24, 2.45) is 7.05 Å². The molecule has 2 aromatic heterocycles. The van der Waals surface area contributed by atoms with Crippen LogP contribution in [0.15, 0.2) is 30.6 Å². The van der Waals surface area contributed by atoms with Crippen molar-refractivity contribution in [3.63, 3.8) is 0 Å². The van der Waals surface area contributed by atoms with Crippen LogP contribution in [0.1, 0.15) is 23.8 Å². The Labute approximate surface area is 155 Å². The highest BCUT2D eigenvalue weighted by Crippen LogP contribution is 2.37. The maximum Gasteiger partial charge on any atom is 0.184 e. The first-order valence-electron chi connectivity index (χ1n) is 7.90. The average molecular weight is 373 g/mol. The van der Waals surface area contributed by atoms with E-state index in [2.05, 4.69) is 25.6 Å². The van der Waals surface area contributed by atoms with E-state index in [-0.39, 0.29) is 16.6 Å². The van der Waals surface area contributed by atoms with Crippen molar-refractivity contribution >= 4 is 28.8 Å². The molecule has 0 saturated carbocycles. The summed E-state index contributed by atoms with van der Waals surface area (Å²) in [7, 11) is 3.35. The summed E-state index contributed by atoms with van der Waals surface area (Å²) in [6.07, 6.45) is 1.92. The number of ketones is 1. The molecule has 0 aliphatic heterocycles. The third-order valence-electron chi connectivity index (χ3n) is 3.68. The molecule has 0 saturated heterocycles. The van der Waals surface area contributed by atoms with Crippen LogP contribution in [0.2, 0.25) is 5.15 Å². The molecule has 2 heterocycles. The van der Waals surface area contributed by atoms with Gasteiger partial charge in [-0.25, -0.2) is 4.98 Å². The Morgan fingerprint density at radius 2 is 2.12 bits per heavy atom. The first kappa shape index (κ1) is 17.8. The van der Waals surface area contributed by atoms with Gasteiger partial charge in [0.1, 0.15) is 6.33 Å². The number of methoxy groups -OCH3 is 1. The Balaban J connectivity index is 2.06. The molecule has 0 radical (unpaired) electrons. The van der Waals surface area contributed by atoms with Crippen LogP contribution in [-0.4, -0.2) is 37.9 Å². The van der Waals surface area contributed by atoms with Crippen LogP contribution in [0.5, 0.6) is 5.75 Å². The molecule has 9 heteroatoms. The van der Waals surface area contributed by atoms with Crippen LogP contribution in [-0.2, 0) is 7.05 Å². The summed E-state index contributed by atoms with van der Waals surface area (Å²) in [6, 6.07) is 7.08. The number of nitrogens with zero attached hydrogens (tertiary/aromatic N) is 5. The van der Waals surface area contributed by atoms with E-state index in [0.717, 1.165) is 5.56 Å². The van der Waals surface area contributed by atoms with Crippen LogP contribution < -0.4 is 10.1 Å². The quantitative estimate of drug-likeness (QED) is 0.663. The van der Waals surface area contributed by atoms with Crippen LogP contribution in [0.3, 0.4) is 0 Å². The van der Waals surface area contributed by atoms with Gasteiger partial charge < -0.3 is 10.1 Å². The van der Waals surface area contributed by atoms with Crippen LogP contribution in [0.25, 0.3) is 11.4 Å². The maximum absolute atomic E-state index is 12.1. The van der Waals surface area contributed by atoms with Crippen molar-refractivity contribution < 1.29 is 9.53 Å². The van der Waals surface area contributed by atoms with Gasteiger partial charge in [0, 0.05) is 19.5 Å².